The molecule has 6 saturated carbocycles. The highest BCUT2D eigenvalue weighted by Gasteiger charge is 3.11. The molecule has 12 nitrogen and oxygen atoms in total. The SMILES string of the molecule is CC[C@H](C)[C@H](NC(=O)C12C3C4C1C1C2C3C41NC)C(=O)N(C)[C@H](C[C@@H](OC(C)=O)c1nc(C(=O)N[C@@H](Cc2ccccc2)C[C@H](C)C(=O)O)cs1)C(C)C. The quantitative estimate of drug-likeness (QED) is 0.153. The predicted octanol–water partition coefficient (Wildman–Crippen LogP) is 4.31. The van der Waals surface area contributed by atoms with E-state index in [1.165, 1.54) is 18.3 Å². The fourth-order valence-electron chi connectivity index (χ4n) is 11.7. The van der Waals surface area contributed by atoms with Gasteiger partial charge in [0.25, 0.3) is 5.91 Å². The van der Waals surface area contributed by atoms with Crippen molar-refractivity contribution in [2.45, 2.75) is 97.0 Å². The average molecular weight is 762 g/mol. The summed E-state index contributed by atoms with van der Waals surface area (Å²) in [5, 5.41) is 21.4. The molecule has 0 unspecified atom stereocenters. The third kappa shape index (κ3) is 5.45. The minimum Gasteiger partial charge on any atom is -0.481 e. The van der Waals surface area contributed by atoms with Gasteiger partial charge in [-0.05, 0) is 72.8 Å². The molecular weight excluding hydrogens is 707 g/mol. The zero-order valence-corrected chi connectivity index (χ0v) is 33.3. The van der Waals surface area contributed by atoms with Gasteiger partial charge in [-0.15, -0.1) is 11.3 Å². The van der Waals surface area contributed by atoms with E-state index in [0.717, 1.165) is 12.0 Å². The van der Waals surface area contributed by atoms with Crippen molar-refractivity contribution in [1.82, 2.24) is 25.8 Å². The van der Waals surface area contributed by atoms with E-state index in [1.807, 2.05) is 58.0 Å². The lowest BCUT2D eigenvalue weighted by Gasteiger charge is -3.10. The Morgan fingerprint density at radius 3 is 2.13 bits per heavy atom. The summed E-state index contributed by atoms with van der Waals surface area (Å²) in [4.78, 5) is 72.4. The fourth-order valence-corrected chi connectivity index (χ4v) is 12.6. The molecule has 0 bridgehead atoms. The van der Waals surface area contributed by atoms with Crippen LogP contribution < -0.4 is 16.0 Å². The molecule has 6 aliphatic rings. The van der Waals surface area contributed by atoms with Gasteiger partial charge in [0, 0.05) is 43.4 Å². The van der Waals surface area contributed by atoms with E-state index in [2.05, 4.69) is 28.0 Å². The van der Waals surface area contributed by atoms with Gasteiger partial charge < -0.3 is 30.7 Å². The molecule has 4 N–H and O–H groups in total. The molecule has 1 heterocycles. The van der Waals surface area contributed by atoms with Gasteiger partial charge in [-0.1, -0.05) is 71.4 Å². The van der Waals surface area contributed by atoms with Crippen LogP contribution in [0, 0.1) is 58.7 Å². The number of amides is 3. The number of hydrogen-bond donors (Lipinski definition) is 4. The maximum absolute atomic E-state index is 14.4. The van der Waals surface area contributed by atoms with Crippen LogP contribution in [0.2, 0.25) is 0 Å². The molecule has 0 radical (unpaired) electrons. The number of carbonyl (C=O) groups excluding carboxylic acids is 4. The van der Waals surface area contributed by atoms with Crippen LogP contribution in [-0.4, -0.2) is 82.4 Å². The van der Waals surface area contributed by atoms with E-state index >= 15 is 0 Å². The third-order valence-corrected chi connectivity index (χ3v) is 15.3. The second-order valence-corrected chi connectivity index (χ2v) is 18.0. The van der Waals surface area contributed by atoms with Crippen LogP contribution >= 0.6 is 11.3 Å². The molecule has 13 heteroatoms. The van der Waals surface area contributed by atoms with E-state index < -0.39 is 42.0 Å². The zero-order valence-electron chi connectivity index (χ0n) is 32.5. The lowest BCUT2D eigenvalue weighted by molar-refractivity contribution is -0.608. The number of carbonyl (C=O) groups is 5. The van der Waals surface area contributed by atoms with Gasteiger partial charge in [0.1, 0.15) is 16.7 Å². The van der Waals surface area contributed by atoms with Crippen molar-refractivity contribution in [3.05, 3.63) is 52.0 Å². The van der Waals surface area contributed by atoms with Crippen LogP contribution in [0.5, 0.6) is 0 Å². The van der Waals surface area contributed by atoms with E-state index in [1.54, 1.807) is 24.3 Å². The first-order chi connectivity index (χ1) is 25.6. The van der Waals surface area contributed by atoms with Gasteiger partial charge in [-0.3, -0.25) is 24.0 Å². The van der Waals surface area contributed by atoms with Crippen molar-refractivity contribution in [2.24, 2.45) is 58.7 Å². The molecule has 3 amide bonds. The number of rotatable bonds is 19. The Morgan fingerprint density at radius 2 is 1.59 bits per heavy atom. The third-order valence-electron chi connectivity index (χ3n) is 14.4. The van der Waals surface area contributed by atoms with Gasteiger partial charge in [0.15, 0.2) is 6.10 Å². The van der Waals surface area contributed by atoms with E-state index in [4.69, 9.17) is 4.74 Å². The Balaban J connectivity index is 1.03. The molecular formula is C41H55N5O7S. The number of nitrogens with one attached hydrogen (secondary N) is 3. The summed E-state index contributed by atoms with van der Waals surface area (Å²) in [6, 6.07) is 8.05. The summed E-state index contributed by atoms with van der Waals surface area (Å²) >= 11 is 1.20. The molecule has 8 rings (SSSR count). The standard InChI is InChI=1S/C41H55N5O7S/c1-9-20(4)34(45-39(52)40-28-31-29(40)33-30(40)32(28)41(31,33)42-7)37(49)46(8)26(19(2)3)17-27(53-22(6)47)36-44-25(18-54-36)35(48)43-24(15-21(5)38(50)51)16-23-13-11-10-12-14-23/h10-14,18-21,24,26-34,42H,9,15-17H2,1-8H3,(H,43,48)(H,45,52)(H,50,51)/t20-,21-,24+,26+,27+,28?,29?,30?,31?,32?,33?,34-,40?,41?/m0/s1. The summed E-state index contributed by atoms with van der Waals surface area (Å²) < 4.78 is 5.81. The smallest absolute Gasteiger partial charge is 0.306 e. The number of benzene rings is 1. The summed E-state index contributed by atoms with van der Waals surface area (Å²) in [6.07, 6.45) is 0.825. The lowest BCUT2D eigenvalue weighted by Crippen LogP contribution is -3.16. The number of carboxylic acids is 1. The van der Waals surface area contributed by atoms with Crippen LogP contribution in [-0.2, 0) is 30.3 Å². The summed E-state index contributed by atoms with van der Waals surface area (Å²) in [5.41, 5.74) is 1.13. The number of carboxylic acid groups (broad SMARTS) is 1. The molecule has 292 valence electrons. The first-order valence-corrected chi connectivity index (χ1v) is 20.5. The van der Waals surface area contributed by atoms with Crippen LogP contribution in [0.4, 0.5) is 0 Å². The normalized spacial score (nSPS) is 32.0. The van der Waals surface area contributed by atoms with Crippen LogP contribution in [0.25, 0.3) is 0 Å². The second-order valence-electron chi connectivity index (χ2n) is 17.1. The van der Waals surface area contributed by atoms with E-state index in [-0.39, 0.29) is 53.6 Å². The van der Waals surface area contributed by atoms with E-state index in [0.29, 0.717) is 52.5 Å². The summed E-state index contributed by atoms with van der Waals surface area (Å²) in [5.74, 6) is 0.412. The van der Waals surface area contributed by atoms with Gasteiger partial charge in [0.05, 0.1) is 11.3 Å². The number of hydrogen-bond acceptors (Lipinski definition) is 9. The zero-order chi connectivity index (χ0) is 39.0. The Kier molecular flexibility index (Phi) is 9.98. The molecule has 1 aromatic heterocycles. The van der Waals surface area contributed by atoms with Crippen LogP contribution in [0.15, 0.2) is 35.7 Å². The largest absolute Gasteiger partial charge is 0.481 e. The lowest BCUT2D eigenvalue weighted by atomic mass is 8.94. The van der Waals surface area contributed by atoms with Gasteiger partial charge in [0.2, 0.25) is 11.8 Å². The molecule has 1 aromatic carbocycles. The maximum Gasteiger partial charge on any atom is 0.306 e. The minimum atomic E-state index is -0.940. The van der Waals surface area contributed by atoms with Gasteiger partial charge in [-0.2, -0.15) is 0 Å². The van der Waals surface area contributed by atoms with Crippen LogP contribution in [0.1, 0.15) is 88.0 Å². The number of aromatic nitrogens is 1. The second kappa shape index (κ2) is 14.0. The Labute approximate surface area is 321 Å². The van der Waals surface area contributed by atoms with Crippen molar-refractivity contribution >= 4 is 41.0 Å². The van der Waals surface area contributed by atoms with Crippen molar-refractivity contribution < 1.29 is 33.8 Å². The molecule has 54 heavy (non-hydrogen) atoms. The average Bonchev–Trinajstić information content (AvgIpc) is 3.65. The molecule has 0 saturated heterocycles. The summed E-state index contributed by atoms with van der Waals surface area (Å²) in [6.45, 7) is 11.0. The molecule has 6 atom stereocenters. The Hall–Kier alpha value is -3.84. The number of ether oxygens (including phenoxy) is 1. The number of likely N-dealkylation sites (N-methyl/N-ethyl adjacent to an activating group) is 1. The van der Waals surface area contributed by atoms with E-state index in [9.17, 15) is 29.1 Å². The first-order valence-electron chi connectivity index (χ1n) is 19.6. The van der Waals surface area contributed by atoms with Crippen molar-refractivity contribution in [2.75, 3.05) is 14.1 Å². The highest BCUT2D eigenvalue weighted by Crippen LogP contribution is 3.06. The number of esters is 1. The topological polar surface area (TPSA) is 167 Å². The Bertz CT molecular complexity index is 1760. The molecule has 6 aliphatic carbocycles. The first kappa shape index (κ1) is 38.4. The van der Waals surface area contributed by atoms with Gasteiger partial charge in [-0.25, -0.2) is 4.98 Å². The molecule has 0 spiro atoms. The summed E-state index contributed by atoms with van der Waals surface area (Å²) in [7, 11) is 3.81. The monoisotopic (exact) mass is 761 g/mol. The maximum atomic E-state index is 14.4. The van der Waals surface area contributed by atoms with Crippen molar-refractivity contribution in [1.29, 1.82) is 0 Å². The highest BCUT2D eigenvalue weighted by atomic mass is 32.1. The fraction of sp³-hybridized carbons (Fsp3) is 0.659. The van der Waals surface area contributed by atoms with Crippen molar-refractivity contribution in [3.8, 4) is 0 Å². The number of nitrogens with zero attached hydrogens (tertiary/aromatic N) is 2. The number of thiazole rings is 1. The number of aliphatic carboxylic acids is 1. The minimum absolute atomic E-state index is 0.0370. The highest BCUT2D eigenvalue weighted by molar-refractivity contribution is 7.09. The van der Waals surface area contributed by atoms with Crippen LogP contribution in [0.3, 0.4) is 0 Å². The molecule has 2 aromatic rings. The van der Waals surface area contributed by atoms with Crippen molar-refractivity contribution in [3.63, 3.8) is 0 Å². The Morgan fingerprint density at radius 1 is 0.963 bits per heavy atom. The molecule has 6 fully saturated rings. The predicted molar refractivity (Wildman–Crippen MR) is 202 cm³/mol. The molecule has 0 aliphatic heterocycles. The van der Waals surface area contributed by atoms with Gasteiger partial charge >= 0.3 is 11.9 Å².